The summed E-state index contributed by atoms with van der Waals surface area (Å²) in [7, 11) is 0. The minimum atomic E-state index is -0.0627. The number of rotatable bonds is 8. The molecule has 23 heavy (non-hydrogen) atoms. The number of hydrogen-bond donors (Lipinski definition) is 3. The zero-order chi connectivity index (χ0) is 17.4. The first kappa shape index (κ1) is 19.2. The molecule has 5 heteroatoms. The molecule has 0 heterocycles. The van der Waals surface area contributed by atoms with Gasteiger partial charge in [0.15, 0.2) is 13.1 Å². The second-order valence-electron chi connectivity index (χ2n) is 6.47. The van der Waals surface area contributed by atoms with E-state index in [2.05, 4.69) is 24.5 Å². The Labute approximate surface area is 139 Å². The second kappa shape index (κ2) is 9.30. The minimum Gasteiger partial charge on any atom is -0.349 e. The van der Waals surface area contributed by atoms with Crippen LogP contribution in [0.5, 0.6) is 0 Å². The van der Waals surface area contributed by atoms with Crippen molar-refractivity contribution in [3.8, 4) is 0 Å². The third-order valence-electron chi connectivity index (χ3n) is 3.63. The average Bonchev–Trinajstić information content (AvgIpc) is 2.45. The summed E-state index contributed by atoms with van der Waals surface area (Å²) in [4.78, 5) is 25.1. The Bertz CT molecular complexity index is 527. The van der Waals surface area contributed by atoms with Gasteiger partial charge in [0.1, 0.15) is 0 Å². The molecule has 2 amide bonds. The third-order valence-corrected chi connectivity index (χ3v) is 3.63. The zero-order valence-corrected chi connectivity index (χ0v) is 14.9. The van der Waals surface area contributed by atoms with Gasteiger partial charge >= 0.3 is 0 Å². The fourth-order valence-corrected chi connectivity index (χ4v) is 2.45. The molecular formula is C18H30N3O2+. The predicted molar refractivity (Wildman–Crippen MR) is 93.7 cm³/mol. The van der Waals surface area contributed by atoms with Crippen molar-refractivity contribution in [3.05, 3.63) is 29.8 Å². The highest BCUT2D eigenvalue weighted by Crippen LogP contribution is 2.23. The molecule has 0 aliphatic heterocycles. The first-order valence-corrected chi connectivity index (χ1v) is 8.35. The molecule has 0 saturated carbocycles. The van der Waals surface area contributed by atoms with Gasteiger partial charge in [0.2, 0.25) is 0 Å². The highest BCUT2D eigenvalue weighted by atomic mass is 16.2. The lowest BCUT2D eigenvalue weighted by Crippen LogP contribution is -3.14. The number of para-hydroxylation sites is 1. The van der Waals surface area contributed by atoms with Gasteiger partial charge in [-0.2, -0.15) is 0 Å². The average molecular weight is 320 g/mol. The quantitative estimate of drug-likeness (QED) is 0.673. The van der Waals surface area contributed by atoms with E-state index in [0.29, 0.717) is 12.5 Å². The predicted octanol–water partition coefficient (Wildman–Crippen LogP) is 1.18. The smallest absolute Gasteiger partial charge is 0.279 e. The Morgan fingerprint density at radius 2 is 1.65 bits per heavy atom. The number of likely N-dealkylation sites (N-methyl/N-ethyl adjacent to an activating group) is 1. The number of anilines is 1. The maximum absolute atomic E-state index is 12.3. The van der Waals surface area contributed by atoms with E-state index >= 15 is 0 Å². The Morgan fingerprint density at radius 1 is 1.04 bits per heavy atom. The van der Waals surface area contributed by atoms with Crippen LogP contribution in [0.2, 0.25) is 0 Å². The van der Waals surface area contributed by atoms with E-state index in [9.17, 15) is 9.59 Å². The Balaban J connectivity index is 2.62. The van der Waals surface area contributed by atoms with Crippen molar-refractivity contribution in [3.63, 3.8) is 0 Å². The summed E-state index contributed by atoms with van der Waals surface area (Å²) >= 11 is 0. The van der Waals surface area contributed by atoms with Crippen molar-refractivity contribution < 1.29 is 14.5 Å². The second-order valence-corrected chi connectivity index (χ2v) is 6.47. The van der Waals surface area contributed by atoms with Gasteiger partial charge in [-0.15, -0.1) is 0 Å². The van der Waals surface area contributed by atoms with Crippen molar-refractivity contribution in [2.75, 3.05) is 25.0 Å². The van der Waals surface area contributed by atoms with E-state index in [0.717, 1.165) is 22.7 Å². The summed E-state index contributed by atoms with van der Waals surface area (Å²) in [5.41, 5.74) is 1.98. The number of quaternary nitrogens is 1. The summed E-state index contributed by atoms with van der Waals surface area (Å²) in [5.74, 6) is 0.262. The molecule has 0 aromatic heterocycles. The van der Waals surface area contributed by atoms with Gasteiger partial charge in [-0.25, -0.2) is 0 Å². The third kappa shape index (κ3) is 6.82. The number of benzene rings is 1. The topological polar surface area (TPSA) is 62.6 Å². The minimum absolute atomic E-state index is 0.0211. The number of carbonyl (C=O) groups excluding carboxylic acids is 2. The molecule has 1 aromatic rings. The molecule has 1 aromatic carbocycles. The van der Waals surface area contributed by atoms with E-state index in [1.807, 2.05) is 45.0 Å². The fraction of sp³-hybridized carbons (Fsp3) is 0.556. The zero-order valence-electron chi connectivity index (χ0n) is 14.9. The maximum atomic E-state index is 12.3. The SMILES string of the molecule is CC[NH+](CC(=O)Nc1ccccc1C(C)C)CC(=O)NC(C)C. The molecule has 0 bridgehead atoms. The lowest BCUT2D eigenvalue weighted by molar-refractivity contribution is -0.881. The van der Waals surface area contributed by atoms with Gasteiger partial charge in [0, 0.05) is 11.7 Å². The summed E-state index contributed by atoms with van der Waals surface area (Å²) in [6.07, 6.45) is 0. The van der Waals surface area contributed by atoms with Gasteiger partial charge in [0.05, 0.1) is 6.54 Å². The van der Waals surface area contributed by atoms with Crippen molar-refractivity contribution in [2.24, 2.45) is 0 Å². The highest BCUT2D eigenvalue weighted by Gasteiger charge is 2.18. The van der Waals surface area contributed by atoms with Crippen molar-refractivity contribution in [2.45, 2.75) is 46.6 Å². The van der Waals surface area contributed by atoms with Gasteiger partial charge in [-0.1, -0.05) is 32.0 Å². The molecule has 128 valence electrons. The van der Waals surface area contributed by atoms with E-state index < -0.39 is 0 Å². The van der Waals surface area contributed by atoms with Crippen molar-refractivity contribution in [1.82, 2.24) is 5.32 Å². The molecule has 3 N–H and O–H groups in total. The Morgan fingerprint density at radius 3 is 2.22 bits per heavy atom. The van der Waals surface area contributed by atoms with Crippen molar-refractivity contribution >= 4 is 17.5 Å². The fourth-order valence-electron chi connectivity index (χ4n) is 2.45. The molecule has 1 atom stereocenters. The van der Waals surface area contributed by atoms with Crippen molar-refractivity contribution in [1.29, 1.82) is 0 Å². The standard InChI is InChI=1S/C18H29N3O2/c1-6-21(11-17(22)19-14(4)5)12-18(23)20-16-10-8-7-9-15(16)13(2)3/h7-10,13-14H,6,11-12H2,1-5H3,(H,19,22)(H,20,23)/p+1. The van der Waals surface area contributed by atoms with Crippen LogP contribution in [0.1, 0.15) is 46.1 Å². The van der Waals surface area contributed by atoms with Gasteiger partial charge in [-0.05, 0) is 38.3 Å². The van der Waals surface area contributed by atoms with Gasteiger partial charge < -0.3 is 15.5 Å². The van der Waals surface area contributed by atoms with E-state index in [1.165, 1.54) is 0 Å². The molecule has 1 rings (SSSR count). The number of hydrogen-bond acceptors (Lipinski definition) is 2. The number of carbonyl (C=O) groups is 2. The van der Waals surface area contributed by atoms with Gasteiger partial charge in [0.25, 0.3) is 11.8 Å². The van der Waals surface area contributed by atoms with E-state index in [-0.39, 0.29) is 24.4 Å². The molecule has 0 aliphatic rings. The normalized spacial score (nSPS) is 12.3. The van der Waals surface area contributed by atoms with Crippen LogP contribution in [0.25, 0.3) is 0 Å². The lowest BCUT2D eigenvalue weighted by Gasteiger charge is -2.19. The first-order valence-electron chi connectivity index (χ1n) is 8.35. The molecule has 0 aliphatic carbocycles. The number of amides is 2. The van der Waals surface area contributed by atoms with Crippen LogP contribution in [0.4, 0.5) is 5.69 Å². The highest BCUT2D eigenvalue weighted by molar-refractivity contribution is 5.92. The van der Waals surface area contributed by atoms with Crippen LogP contribution >= 0.6 is 0 Å². The van der Waals surface area contributed by atoms with E-state index in [1.54, 1.807) is 0 Å². The number of nitrogens with one attached hydrogen (secondary N) is 3. The molecule has 0 saturated heterocycles. The first-order chi connectivity index (χ1) is 10.8. The molecule has 0 radical (unpaired) electrons. The van der Waals surface area contributed by atoms with Crippen LogP contribution in [0, 0.1) is 0 Å². The molecule has 0 spiro atoms. The Hall–Kier alpha value is -1.88. The maximum Gasteiger partial charge on any atom is 0.279 e. The summed E-state index contributed by atoms with van der Waals surface area (Å²) in [6, 6.07) is 7.96. The monoisotopic (exact) mass is 320 g/mol. The molecule has 5 nitrogen and oxygen atoms in total. The summed E-state index contributed by atoms with van der Waals surface area (Å²) < 4.78 is 0. The van der Waals surface area contributed by atoms with Gasteiger partial charge in [-0.3, -0.25) is 9.59 Å². The molecule has 0 fully saturated rings. The van der Waals surface area contributed by atoms with Crippen LogP contribution < -0.4 is 15.5 Å². The van der Waals surface area contributed by atoms with E-state index in [4.69, 9.17) is 0 Å². The Kier molecular flexibility index (Phi) is 7.75. The summed E-state index contributed by atoms with van der Waals surface area (Å²) in [6.45, 7) is 11.4. The molecule has 1 unspecified atom stereocenters. The van der Waals surface area contributed by atoms with Crippen LogP contribution in [-0.4, -0.2) is 37.5 Å². The van der Waals surface area contributed by atoms with Crippen LogP contribution in [0.3, 0.4) is 0 Å². The lowest BCUT2D eigenvalue weighted by atomic mass is 10.0. The summed E-state index contributed by atoms with van der Waals surface area (Å²) in [5, 5.41) is 5.84. The van der Waals surface area contributed by atoms with Crippen LogP contribution in [-0.2, 0) is 9.59 Å². The largest absolute Gasteiger partial charge is 0.349 e. The molecular weight excluding hydrogens is 290 g/mol. The van der Waals surface area contributed by atoms with Crippen LogP contribution in [0.15, 0.2) is 24.3 Å².